The van der Waals surface area contributed by atoms with Crippen LogP contribution in [0.5, 0.6) is 5.75 Å². The molecule has 0 radical (unpaired) electrons. The van der Waals surface area contributed by atoms with Crippen LogP contribution in [0.1, 0.15) is 10.6 Å². The number of rotatable bonds is 5. The molecule has 0 aliphatic carbocycles. The highest BCUT2D eigenvalue weighted by Gasteiger charge is 2.07. The lowest BCUT2D eigenvalue weighted by molar-refractivity contribution is -0.120. The van der Waals surface area contributed by atoms with Gasteiger partial charge in [-0.15, -0.1) is 10.2 Å². The van der Waals surface area contributed by atoms with Gasteiger partial charge >= 0.3 is 0 Å². The van der Waals surface area contributed by atoms with Gasteiger partial charge in [-0.25, -0.2) is 5.43 Å². The number of carbonyl (C=O) groups is 1. The molecule has 1 heterocycles. The van der Waals surface area contributed by atoms with E-state index in [4.69, 9.17) is 10.5 Å². The monoisotopic (exact) mass is 369 g/mol. The number of amides is 1. The first kappa shape index (κ1) is 15.4. The molecule has 0 aliphatic rings. The third-order valence-electron chi connectivity index (χ3n) is 2.38. The van der Waals surface area contributed by atoms with Gasteiger partial charge in [0.1, 0.15) is 10.8 Å². The molecule has 0 bridgehead atoms. The van der Waals surface area contributed by atoms with Crippen molar-refractivity contribution in [3.8, 4) is 5.75 Å². The predicted molar refractivity (Wildman–Crippen MR) is 84.5 cm³/mol. The number of ether oxygens (including phenoxy) is 1. The Hall–Kier alpha value is -2.00. The summed E-state index contributed by atoms with van der Waals surface area (Å²) >= 11 is 4.53. The van der Waals surface area contributed by atoms with E-state index in [9.17, 15) is 4.79 Å². The van der Waals surface area contributed by atoms with E-state index in [0.717, 1.165) is 10.0 Å². The van der Waals surface area contributed by atoms with E-state index in [2.05, 4.69) is 36.7 Å². The number of aromatic nitrogens is 2. The van der Waals surface area contributed by atoms with E-state index >= 15 is 0 Å². The van der Waals surface area contributed by atoms with Crippen molar-refractivity contribution >= 4 is 44.5 Å². The van der Waals surface area contributed by atoms with Crippen molar-refractivity contribution in [2.75, 3.05) is 12.8 Å². The van der Waals surface area contributed by atoms with Crippen LogP contribution >= 0.6 is 27.3 Å². The number of hydrogen-bond donors (Lipinski definition) is 2. The number of carbonyl (C=O) groups excluding carboxylic acids is 1. The number of anilines is 1. The first-order valence-corrected chi connectivity index (χ1v) is 7.42. The average molecular weight is 370 g/mol. The molecule has 2 aromatic rings. The Morgan fingerprint density at radius 3 is 3.05 bits per heavy atom. The highest BCUT2D eigenvalue weighted by Crippen LogP contribution is 2.21. The fraction of sp³-hybridized carbons (Fsp3) is 0.167. The molecule has 21 heavy (non-hydrogen) atoms. The summed E-state index contributed by atoms with van der Waals surface area (Å²) in [5.74, 6) is 0.365. The molecule has 3 N–H and O–H groups in total. The number of hydrazone groups is 1. The van der Waals surface area contributed by atoms with E-state index in [1.54, 1.807) is 13.2 Å². The Bertz CT molecular complexity index is 673. The van der Waals surface area contributed by atoms with Crippen LogP contribution in [0.4, 0.5) is 5.13 Å². The molecule has 0 saturated carbocycles. The van der Waals surface area contributed by atoms with Crippen LogP contribution in [0.3, 0.4) is 0 Å². The second-order valence-electron chi connectivity index (χ2n) is 3.89. The van der Waals surface area contributed by atoms with Gasteiger partial charge in [0, 0.05) is 10.0 Å². The third-order valence-corrected chi connectivity index (χ3v) is 3.62. The van der Waals surface area contributed by atoms with Crippen LogP contribution in [0.25, 0.3) is 0 Å². The van der Waals surface area contributed by atoms with Crippen molar-refractivity contribution in [1.29, 1.82) is 0 Å². The minimum Gasteiger partial charge on any atom is -0.496 e. The zero-order valence-electron chi connectivity index (χ0n) is 11.0. The molecule has 0 unspecified atom stereocenters. The molecule has 0 spiro atoms. The van der Waals surface area contributed by atoms with Crippen molar-refractivity contribution in [2.24, 2.45) is 5.10 Å². The normalized spacial score (nSPS) is 10.8. The fourth-order valence-corrected chi connectivity index (χ4v) is 2.48. The lowest BCUT2D eigenvalue weighted by Gasteiger charge is -2.04. The van der Waals surface area contributed by atoms with Gasteiger partial charge in [-0.1, -0.05) is 27.3 Å². The Labute approximate surface area is 133 Å². The van der Waals surface area contributed by atoms with E-state index in [-0.39, 0.29) is 12.3 Å². The van der Waals surface area contributed by atoms with Crippen LogP contribution in [-0.4, -0.2) is 29.4 Å². The maximum absolute atomic E-state index is 11.7. The minimum atomic E-state index is -0.295. The maximum atomic E-state index is 11.7. The highest BCUT2D eigenvalue weighted by atomic mass is 79.9. The predicted octanol–water partition coefficient (Wildman–Crippen LogP) is 1.58. The Morgan fingerprint density at radius 2 is 2.38 bits per heavy atom. The first-order chi connectivity index (χ1) is 10.1. The molecule has 0 aliphatic heterocycles. The molecule has 110 valence electrons. The summed E-state index contributed by atoms with van der Waals surface area (Å²) in [4.78, 5) is 11.7. The van der Waals surface area contributed by atoms with Gasteiger partial charge < -0.3 is 10.5 Å². The first-order valence-electron chi connectivity index (χ1n) is 5.82. The molecule has 2 rings (SSSR count). The van der Waals surface area contributed by atoms with Crippen LogP contribution in [0, 0.1) is 0 Å². The summed E-state index contributed by atoms with van der Waals surface area (Å²) in [7, 11) is 1.57. The molecule has 0 atom stereocenters. The summed E-state index contributed by atoms with van der Waals surface area (Å²) in [6.45, 7) is 0. The number of benzene rings is 1. The number of hydrogen-bond acceptors (Lipinski definition) is 7. The summed E-state index contributed by atoms with van der Waals surface area (Å²) in [5.41, 5.74) is 8.60. The molecule has 1 amide bonds. The van der Waals surface area contributed by atoms with E-state index < -0.39 is 0 Å². The Balaban J connectivity index is 1.95. The van der Waals surface area contributed by atoms with Crippen LogP contribution in [0.2, 0.25) is 0 Å². The molecule has 1 aromatic carbocycles. The van der Waals surface area contributed by atoms with Gasteiger partial charge in [-0.2, -0.15) is 5.10 Å². The van der Waals surface area contributed by atoms with E-state index in [1.807, 2.05) is 12.1 Å². The smallest absolute Gasteiger partial charge is 0.247 e. The molecule has 1 aromatic heterocycles. The van der Waals surface area contributed by atoms with Gasteiger partial charge in [0.15, 0.2) is 0 Å². The molecule has 0 fully saturated rings. The molecule has 9 heteroatoms. The van der Waals surface area contributed by atoms with Gasteiger partial charge in [0.05, 0.1) is 19.7 Å². The van der Waals surface area contributed by atoms with Gasteiger partial charge in [0.25, 0.3) is 0 Å². The topological polar surface area (TPSA) is 102 Å². The number of halogens is 1. The fourth-order valence-electron chi connectivity index (χ4n) is 1.49. The summed E-state index contributed by atoms with van der Waals surface area (Å²) in [6.07, 6.45) is 1.60. The van der Waals surface area contributed by atoms with Crippen molar-refractivity contribution in [2.45, 2.75) is 6.42 Å². The number of nitrogens with zero attached hydrogens (tertiary/aromatic N) is 3. The maximum Gasteiger partial charge on any atom is 0.247 e. The number of nitrogens with two attached hydrogens (primary N) is 1. The average Bonchev–Trinajstić information content (AvgIpc) is 2.84. The SMILES string of the molecule is COc1ccc(Br)cc1C=NNC(=O)Cc1nnc(N)s1. The quantitative estimate of drug-likeness (QED) is 0.615. The molecular formula is C12H12BrN5O2S. The van der Waals surface area contributed by atoms with Crippen molar-refractivity contribution in [1.82, 2.24) is 15.6 Å². The minimum absolute atomic E-state index is 0.0851. The highest BCUT2D eigenvalue weighted by molar-refractivity contribution is 9.10. The Kier molecular flexibility index (Phi) is 5.23. The summed E-state index contributed by atoms with van der Waals surface area (Å²) < 4.78 is 6.09. The van der Waals surface area contributed by atoms with Gasteiger partial charge in [-0.05, 0) is 18.2 Å². The van der Waals surface area contributed by atoms with Crippen LogP contribution in [-0.2, 0) is 11.2 Å². The summed E-state index contributed by atoms with van der Waals surface area (Å²) in [6, 6.07) is 5.49. The second-order valence-corrected chi connectivity index (χ2v) is 5.90. The van der Waals surface area contributed by atoms with Gasteiger partial charge in [0.2, 0.25) is 11.0 Å². The number of nitrogen functional groups attached to an aromatic ring is 1. The molecular weight excluding hydrogens is 358 g/mol. The third kappa shape index (κ3) is 4.50. The zero-order chi connectivity index (χ0) is 15.2. The second kappa shape index (κ2) is 7.14. The standard InChI is InChI=1S/C12H12BrN5O2S/c1-20-9-3-2-8(13)4-7(9)6-15-16-10(19)5-11-17-18-12(14)21-11/h2-4,6H,5H2,1H3,(H2,14,18)(H,16,19). The summed E-state index contributed by atoms with van der Waals surface area (Å²) in [5, 5.41) is 12.2. The zero-order valence-corrected chi connectivity index (χ0v) is 13.4. The Morgan fingerprint density at radius 1 is 1.57 bits per heavy atom. The van der Waals surface area contributed by atoms with E-state index in [0.29, 0.717) is 15.9 Å². The van der Waals surface area contributed by atoms with Crippen molar-refractivity contribution in [3.63, 3.8) is 0 Å². The molecule has 7 nitrogen and oxygen atoms in total. The number of methoxy groups -OCH3 is 1. The number of nitrogens with one attached hydrogen (secondary N) is 1. The van der Waals surface area contributed by atoms with Crippen molar-refractivity contribution < 1.29 is 9.53 Å². The lowest BCUT2D eigenvalue weighted by Crippen LogP contribution is -2.19. The lowest BCUT2D eigenvalue weighted by atomic mass is 10.2. The van der Waals surface area contributed by atoms with Gasteiger partial charge in [-0.3, -0.25) is 4.79 Å². The van der Waals surface area contributed by atoms with Crippen LogP contribution in [0.15, 0.2) is 27.8 Å². The largest absolute Gasteiger partial charge is 0.496 e. The molecule has 0 saturated heterocycles. The van der Waals surface area contributed by atoms with Crippen molar-refractivity contribution in [3.05, 3.63) is 33.2 Å². The van der Waals surface area contributed by atoms with E-state index in [1.165, 1.54) is 17.6 Å². The van der Waals surface area contributed by atoms with Crippen LogP contribution < -0.4 is 15.9 Å².